The van der Waals surface area contributed by atoms with E-state index in [0.29, 0.717) is 6.07 Å². The van der Waals surface area contributed by atoms with Crippen molar-refractivity contribution >= 4 is 22.7 Å². The number of halogens is 4. The minimum atomic E-state index is -4.89. The molecule has 160 valence electrons. The zero-order valence-electron chi connectivity index (χ0n) is 15.8. The summed E-state index contributed by atoms with van der Waals surface area (Å²) in [6, 6.07) is 5.29. The molecule has 6 nitrogen and oxygen atoms in total. The number of thioether (sulfide) groups is 1. The molecule has 0 fully saturated rings. The van der Waals surface area contributed by atoms with Crippen molar-refractivity contribution < 1.29 is 22.3 Å². The van der Waals surface area contributed by atoms with Gasteiger partial charge in [0.05, 0.1) is 40.7 Å². The van der Waals surface area contributed by atoms with Gasteiger partial charge in [0.25, 0.3) is 5.56 Å². The van der Waals surface area contributed by atoms with E-state index in [1.165, 1.54) is 11.7 Å². The average molecular weight is 451 g/mol. The Hall–Kier alpha value is -3.10. The van der Waals surface area contributed by atoms with Crippen LogP contribution in [0, 0.1) is 17.1 Å². The van der Waals surface area contributed by atoms with Crippen molar-refractivity contribution in [3.8, 4) is 17.2 Å². The Kier molecular flexibility index (Phi) is 5.15. The van der Waals surface area contributed by atoms with E-state index in [0.717, 1.165) is 30.0 Å². The Balaban J connectivity index is 2.24. The third-order valence-corrected chi connectivity index (χ3v) is 6.27. The van der Waals surface area contributed by atoms with E-state index in [1.807, 2.05) is 0 Å². The highest BCUT2D eigenvalue weighted by Gasteiger charge is 2.38. The molecule has 0 spiro atoms. The van der Waals surface area contributed by atoms with E-state index in [-0.39, 0.29) is 44.8 Å². The second-order valence-electron chi connectivity index (χ2n) is 6.86. The molecule has 1 aromatic heterocycles. The smallest absolute Gasteiger partial charge is 0.379 e. The number of benzene rings is 2. The van der Waals surface area contributed by atoms with Gasteiger partial charge in [0, 0.05) is 28.9 Å². The van der Waals surface area contributed by atoms with Gasteiger partial charge in [0.2, 0.25) is 0 Å². The molecule has 3 aromatic rings. The number of aromatic nitrogens is 2. The van der Waals surface area contributed by atoms with Crippen molar-refractivity contribution in [2.45, 2.75) is 23.7 Å². The number of rotatable bonds is 2. The first-order valence-electron chi connectivity index (χ1n) is 8.92. The van der Waals surface area contributed by atoms with Crippen LogP contribution in [0.3, 0.4) is 0 Å². The maximum absolute atomic E-state index is 14.1. The normalized spacial score (nSPS) is 16.2. The predicted molar refractivity (Wildman–Crippen MR) is 105 cm³/mol. The van der Waals surface area contributed by atoms with Gasteiger partial charge in [-0.1, -0.05) is 6.07 Å². The number of hydrogen-bond donors (Lipinski definition) is 1. The Morgan fingerprint density at radius 1 is 1.29 bits per heavy atom. The van der Waals surface area contributed by atoms with Crippen molar-refractivity contribution in [1.29, 1.82) is 5.26 Å². The van der Waals surface area contributed by atoms with Crippen LogP contribution in [-0.2, 0) is 17.5 Å². The van der Waals surface area contributed by atoms with Gasteiger partial charge in [-0.25, -0.2) is 9.18 Å². The molecule has 0 bridgehead atoms. The van der Waals surface area contributed by atoms with Crippen molar-refractivity contribution in [2.24, 2.45) is 0 Å². The fraction of sp³-hybridized carbons (Fsp3) is 0.250. The molecule has 0 aliphatic carbocycles. The molecule has 1 N–H and O–H groups in total. The number of nitriles is 1. The third kappa shape index (κ3) is 3.51. The molecule has 4 rings (SSSR count). The van der Waals surface area contributed by atoms with Crippen LogP contribution in [0.1, 0.15) is 11.1 Å². The lowest BCUT2D eigenvalue weighted by molar-refractivity contribution is -0.137. The molecule has 0 saturated carbocycles. The lowest BCUT2D eigenvalue weighted by atomic mass is 9.93. The zero-order valence-corrected chi connectivity index (χ0v) is 16.7. The van der Waals surface area contributed by atoms with Gasteiger partial charge in [-0.05, 0) is 18.2 Å². The Labute approximate surface area is 176 Å². The number of H-pyrrole nitrogens is 1. The third-order valence-electron chi connectivity index (χ3n) is 5.05. The summed E-state index contributed by atoms with van der Waals surface area (Å²) < 4.78 is 62.5. The first-order chi connectivity index (χ1) is 14.7. The average Bonchev–Trinajstić information content (AvgIpc) is 2.91. The van der Waals surface area contributed by atoms with E-state index in [9.17, 15) is 32.4 Å². The van der Waals surface area contributed by atoms with Crippen LogP contribution in [0.15, 0.2) is 38.8 Å². The topological polar surface area (TPSA) is 87.9 Å². The number of alkyl halides is 3. The van der Waals surface area contributed by atoms with Crippen LogP contribution in [0.5, 0.6) is 0 Å². The summed E-state index contributed by atoms with van der Waals surface area (Å²) in [4.78, 5) is 27.0. The molecule has 0 radical (unpaired) electrons. The van der Waals surface area contributed by atoms with E-state index in [4.69, 9.17) is 4.74 Å². The molecule has 0 saturated heterocycles. The summed E-state index contributed by atoms with van der Waals surface area (Å²) in [5.41, 5.74) is -3.69. The van der Waals surface area contributed by atoms with Crippen LogP contribution < -0.4 is 11.2 Å². The molecule has 2 heterocycles. The van der Waals surface area contributed by atoms with Gasteiger partial charge < -0.3 is 4.74 Å². The van der Waals surface area contributed by atoms with Gasteiger partial charge in [-0.3, -0.25) is 14.3 Å². The Bertz CT molecular complexity index is 1370. The Morgan fingerprint density at radius 2 is 2.03 bits per heavy atom. The van der Waals surface area contributed by atoms with Crippen LogP contribution in [0.25, 0.3) is 22.0 Å². The van der Waals surface area contributed by atoms with Gasteiger partial charge in [-0.15, -0.1) is 11.8 Å². The van der Waals surface area contributed by atoms with E-state index in [2.05, 4.69) is 4.98 Å². The first-order valence-corrected chi connectivity index (χ1v) is 9.91. The van der Waals surface area contributed by atoms with Gasteiger partial charge >= 0.3 is 11.9 Å². The summed E-state index contributed by atoms with van der Waals surface area (Å²) >= 11 is 0.987. The monoisotopic (exact) mass is 451 g/mol. The number of hydrogen-bond acceptors (Lipinski definition) is 5. The van der Waals surface area contributed by atoms with E-state index >= 15 is 0 Å². The maximum Gasteiger partial charge on any atom is 0.417 e. The number of methoxy groups -OCH3 is 1. The predicted octanol–water partition coefficient (Wildman–Crippen LogP) is 3.51. The number of ether oxygens (including phenoxy) is 1. The highest BCUT2D eigenvalue weighted by Crippen LogP contribution is 2.47. The lowest BCUT2D eigenvalue weighted by Crippen LogP contribution is -2.34. The molecule has 1 aliphatic rings. The molecular formula is C20H13F4N3O3S. The quantitative estimate of drug-likeness (QED) is 0.603. The Morgan fingerprint density at radius 3 is 2.68 bits per heavy atom. The van der Waals surface area contributed by atoms with Crippen molar-refractivity contribution in [3.05, 3.63) is 62.0 Å². The number of aromatic amines is 1. The second-order valence-corrected chi connectivity index (χ2v) is 7.89. The molecule has 2 aromatic carbocycles. The molecule has 0 unspecified atom stereocenters. The summed E-state index contributed by atoms with van der Waals surface area (Å²) in [5.74, 6) is -0.584. The number of nitrogens with zero attached hydrogens (tertiary/aromatic N) is 2. The minimum absolute atomic E-state index is 0.00989. The minimum Gasteiger partial charge on any atom is -0.379 e. The molecule has 1 aliphatic heterocycles. The van der Waals surface area contributed by atoms with Crippen LogP contribution in [-0.4, -0.2) is 28.5 Å². The maximum atomic E-state index is 14.1. The van der Waals surface area contributed by atoms with E-state index in [1.54, 1.807) is 6.07 Å². The van der Waals surface area contributed by atoms with Gasteiger partial charge in [0.15, 0.2) is 0 Å². The van der Waals surface area contributed by atoms with Crippen LogP contribution in [0.4, 0.5) is 17.6 Å². The molecule has 0 amide bonds. The van der Waals surface area contributed by atoms with Crippen LogP contribution >= 0.6 is 11.8 Å². The van der Waals surface area contributed by atoms with Crippen LogP contribution in [0.2, 0.25) is 0 Å². The van der Waals surface area contributed by atoms with Gasteiger partial charge in [-0.2, -0.15) is 18.4 Å². The molecule has 31 heavy (non-hydrogen) atoms. The molecular weight excluding hydrogens is 438 g/mol. The molecule has 1 atom stereocenters. The highest BCUT2D eigenvalue weighted by molar-refractivity contribution is 7.99. The van der Waals surface area contributed by atoms with Crippen molar-refractivity contribution in [1.82, 2.24) is 9.55 Å². The van der Waals surface area contributed by atoms with Crippen molar-refractivity contribution in [2.75, 3.05) is 12.9 Å². The van der Waals surface area contributed by atoms with Gasteiger partial charge in [0.1, 0.15) is 5.82 Å². The number of nitrogens with one attached hydrogen (secondary N) is 1. The summed E-state index contributed by atoms with van der Waals surface area (Å²) in [6.45, 7) is 0.0158. The second kappa shape index (κ2) is 7.55. The summed E-state index contributed by atoms with van der Waals surface area (Å²) in [7, 11) is 1.41. The zero-order chi connectivity index (χ0) is 22.5. The fourth-order valence-electron chi connectivity index (χ4n) is 3.63. The first kappa shape index (κ1) is 21.1. The summed E-state index contributed by atoms with van der Waals surface area (Å²) in [6.07, 6.45) is -5.41. The summed E-state index contributed by atoms with van der Waals surface area (Å²) in [5, 5.41) is 9.12. The van der Waals surface area contributed by atoms with Crippen molar-refractivity contribution in [3.63, 3.8) is 0 Å². The lowest BCUT2D eigenvalue weighted by Gasteiger charge is -2.20. The highest BCUT2D eigenvalue weighted by atomic mass is 32.2. The SMILES string of the molecule is CO[C@@H]1CSc2c(-c3ccc(F)cc3C#N)c(C(F)(F)F)cc3c(=O)[nH]c(=O)n(c23)C1. The fourth-order valence-corrected chi connectivity index (χ4v) is 4.95. The standard InChI is InChI=1S/C20H13F4N3O3S/c1-30-11-7-27-16-13(18(28)26-19(27)29)5-14(20(22,23)24)15(17(16)31-8-11)12-3-2-10(21)4-9(12)6-25/h2-5,11H,7-8H2,1H3,(H,26,28,29)/t11-/m0/s1. The molecule has 11 heteroatoms. The largest absolute Gasteiger partial charge is 0.417 e. The van der Waals surface area contributed by atoms with E-state index < -0.39 is 34.9 Å².